The van der Waals surface area contributed by atoms with Crippen molar-refractivity contribution in [3.63, 3.8) is 0 Å². The predicted molar refractivity (Wildman–Crippen MR) is 110 cm³/mol. The summed E-state index contributed by atoms with van der Waals surface area (Å²) in [4.78, 5) is 9.40. The van der Waals surface area contributed by atoms with Gasteiger partial charge in [0.1, 0.15) is 0 Å². The van der Waals surface area contributed by atoms with E-state index >= 15 is 0 Å². The van der Waals surface area contributed by atoms with Crippen LogP contribution >= 0.6 is 35.6 Å². The highest BCUT2D eigenvalue weighted by Gasteiger charge is 2.20. The number of likely N-dealkylation sites (tertiary alicyclic amines) is 1. The maximum absolute atomic E-state index is 5.94. The van der Waals surface area contributed by atoms with Crippen molar-refractivity contribution in [1.29, 1.82) is 0 Å². The fraction of sp³-hybridized carbons (Fsp3) is 0.588. The number of rotatable bonds is 5. The molecule has 1 fully saturated rings. The molecule has 0 radical (unpaired) electrons. The van der Waals surface area contributed by atoms with E-state index < -0.39 is 0 Å². The normalized spacial score (nSPS) is 18.6. The molecule has 1 aliphatic heterocycles. The Labute approximate surface area is 162 Å². The lowest BCUT2D eigenvalue weighted by Crippen LogP contribution is -2.39. The van der Waals surface area contributed by atoms with Gasteiger partial charge in [0.2, 0.25) is 0 Å². The van der Waals surface area contributed by atoms with Gasteiger partial charge in [-0.2, -0.15) is 0 Å². The van der Waals surface area contributed by atoms with Crippen LogP contribution in [0.25, 0.3) is 0 Å². The number of benzene rings is 1. The van der Waals surface area contributed by atoms with Crippen LogP contribution in [-0.2, 0) is 6.54 Å². The molecule has 1 atom stereocenters. The standard InChI is InChI=1S/C17H27ClN4.HI/c1-4-19-17(20-12-16-6-5-11-21(16)2)22(3)13-14-7-9-15(18)10-8-14;/h7-10,16H,4-6,11-13H2,1-3H3,(H,19,20);1H. The van der Waals surface area contributed by atoms with Crippen LogP contribution in [0.5, 0.6) is 0 Å². The van der Waals surface area contributed by atoms with Crippen LogP contribution in [0.4, 0.5) is 0 Å². The van der Waals surface area contributed by atoms with E-state index in [1.807, 2.05) is 12.1 Å². The quantitative estimate of drug-likeness (QED) is 0.423. The molecule has 0 spiro atoms. The molecule has 23 heavy (non-hydrogen) atoms. The molecule has 2 rings (SSSR count). The van der Waals surface area contributed by atoms with Gasteiger partial charge in [0.25, 0.3) is 0 Å². The Bertz CT molecular complexity index is 492. The minimum Gasteiger partial charge on any atom is -0.357 e. The summed E-state index contributed by atoms with van der Waals surface area (Å²) in [5, 5.41) is 4.16. The first-order valence-corrected chi connectivity index (χ1v) is 8.42. The van der Waals surface area contributed by atoms with Crippen LogP contribution < -0.4 is 5.32 Å². The molecule has 0 aromatic heterocycles. The maximum atomic E-state index is 5.94. The number of nitrogens with zero attached hydrogens (tertiary/aromatic N) is 3. The molecule has 0 saturated carbocycles. The summed E-state index contributed by atoms with van der Waals surface area (Å²) in [7, 11) is 4.27. The molecule has 1 unspecified atom stereocenters. The molecule has 1 saturated heterocycles. The summed E-state index contributed by atoms with van der Waals surface area (Å²) < 4.78 is 0. The van der Waals surface area contributed by atoms with Crippen molar-refractivity contribution in [2.75, 3.05) is 33.7 Å². The molecule has 0 amide bonds. The van der Waals surface area contributed by atoms with Gasteiger partial charge in [-0.25, -0.2) is 0 Å². The van der Waals surface area contributed by atoms with Crippen LogP contribution in [0, 0.1) is 0 Å². The lowest BCUT2D eigenvalue weighted by Gasteiger charge is -2.24. The van der Waals surface area contributed by atoms with Crippen molar-refractivity contribution < 1.29 is 0 Å². The summed E-state index contributed by atoms with van der Waals surface area (Å²) in [5.41, 5.74) is 1.23. The third-order valence-corrected chi connectivity index (χ3v) is 4.40. The van der Waals surface area contributed by atoms with Gasteiger partial charge in [-0.15, -0.1) is 24.0 Å². The van der Waals surface area contributed by atoms with Gasteiger partial charge in [0.15, 0.2) is 5.96 Å². The number of nitrogens with one attached hydrogen (secondary N) is 1. The van der Waals surface area contributed by atoms with E-state index in [0.29, 0.717) is 6.04 Å². The van der Waals surface area contributed by atoms with Crippen molar-refractivity contribution in [3.8, 4) is 0 Å². The van der Waals surface area contributed by atoms with E-state index in [-0.39, 0.29) is 24.0 Å². The van der Waals surface area contributed by atoms with Crippen molar-refractivity contribution in [3.05, 3.63) is 34.9 Å². The van der Waals surface area contributed by atoms with E-state index in [0.717, 1.165) is 30.6 Å². The van der Waals surface area contributed by atoms with Crippen molar-refractivity contribution in [1.82, 2.24) is 15.1 Å². The zero-order valence-corrected chi connectivity index (χ0v) is 17.3. The first-order valence-electron chi connectivity index (χ1n) is 8.04. The number of halogens is 2. The lowest BCUT2D eigenvalue weighted by atomic mass is 10.2. The molecule has 0 aliphatic carbocycles. The minimum atomic E-state index is 0. The van der Waals surface area contributed by atoms with E-state index in [1.165, 1.54) is 24.9 Å². The summed E-state index contributed by atoms with van der Waals surface area (Å²) in [6, 6.07) is 8.57. The molecule has 130 valence electrons. The third-order valence-electron chi connectivity index (χ3n) is 4.15. The van der Waals surface area contributed by atoms with Gasteiger partial charge in [0.05, 0.1) is 6.54 Å². The van der Waals surface area contributed by atoms with Crippen LogP contribution in [0.1, 0.15) is 25.3 Å². The van der Waals surface area contributed by atoms with Gasteiger partial charge in [0, 0.05) is 31.2 Å². The van der Waals surface area contributed by atoms with E-state index in [9.17, 15) is 0 Å². The lowest BCUT2D eigenvalue weighted by molar-refractivity contribution is 0.316. The van der Waals surface area contributed by atoms with Crippen molar-refractivity contribution in [2.24, 2.45) is 4.99 Å². The Hall–Kier alpha value is -0.530. The second-order valence-corrected chi connectivity index (χ2v) is 6.39. The molecular formula is C17H28ClIN4. The predicted octanol–water partition coefficient (Wildman–Crippen LogP) is 3.45. The van der Waals surface area contributed by atoms with Crippen LogP contribution in [0.15, 0.2) is 29.3 Å². The smallest absolute Gasteiger partial charge is 0.194 e. The molecule has 6 heteroatoms. The maximum Gasteiger partial charge on any atom is 0.194 e. The summed E-state index contributed by atoms with van der Waals surface area (Å²) in [6.45, 7) is 5.86. The second-order valence-electron chi connectivity index (χ2n) is 5.95. The van der Waals surface area contributed by atoms with Gasteiger partial charge >= 0.3 is 0 Å². The minimum absolute atomic E-state index is 0. The van der Waals surface area contributed by atoms with Crippen molar-refractivity contribution in [2.45, 2.75) is 32.4 Å². The summed E-state index contributed by atoms with van der Waals surface area (Å²) in [5.74, 6) is 0.970. The van der Waals surface area contributed by atoms with Crippen molar-refractivity contribution >= 4 is 41.5 Å². The number of likely N-dealkylation sites (N-methyl/N-ethyl adjacent to an activating group) is 1. The third kappa shape index (κ3) is 6.47. The molecule has 1 aliphatic rings. The highest BCUT2D eigenvalue weighted by Crippen LogP contribution is 2.15. The molecule has 1 N–H and O–H groups in total. The number of aliphatic imine (C=N–C) groups is 1. The fourth-order valence-corrected chi connectivity index (χ4v) is 2.94. The zero-order valence-electron chi connectivity index (χ0n) is 14.3. The summed E-state index contributed by atoms with van der Waals surface area (Å²) >= 11 is 5.94. The highest BCUT2D eigenvalue weighted by molar-refractivity contribution is 14.0. The molecule has 0 bridgehead atoms. The van der Waals surface area contributed by atoms with Gasteiger partial charge in [-0.05, 0) is 51.1 Å². The number of hydrogen-bond donors (Lipinski definition) is 1. The molecule has 1 aromatic rings. The van der Waals surface area contributed by atoms with Crippen LogP contribution in [0.3, 0.4) is 0 Å². The Morgan fingerprint density at radius 1 is 1.39 bits per heavy atom. The molecule has 1 aromatic carbocycles. The summed E-state index contributed by atoms with van der Waals surface area (Å²) in [6.07, 6.45) is 2.54. The number of hydrogen-bond acceptors (Lipinski definition) is 2. The Balaban J connectivity index is 0.00000264. The topological polar surface area (TPSA) is 30.9 Å². The average Bonchev–Trinajstić information content (AvgIpc) is 2.91. The first kappa shape index (κ1) is 20.5. The van der Waals surface area contributed by atoms with Crippen LogP contribution in [0.2, 0.25) is 5.02 Å². The Morgan fingerprint density at radius 2 is 2.09 bits per heavy atom. The fourth-order valence-electron chi connectivity index (χ4n) is 2.81. The average molecular weight is 451 g/mol. The van der Waals surface area contributed by atoms with Gasteiger partial charge < -0.3 is 15.1 Å². The highest BCUT2D eigenvalue weighted by atomic mass is 127. The monoisotopic (exact) mass is 450 g/mol. The SMILES string of the molecule is CCNC(=NCC1CCCN1C)N(C)Cc1ccc(Cl)cc1.I. The molecular weight excluding hydrogens is 423 g/mol. The van der Waals surface area contributed by atoms with E-state index in [2.05, 4.69) is 48.3 Å². The largest absolute Gasteiger partial charge is 0.357 e. The first-order chi connectivity index (χ1) is 10.6. The number of guanidine groups is 1. The van der Waals surface area contributed by atoms with Gasteiger partial charge in [-0.3, -0.25) is 4.99 Å². The second kappa shape index (κ2) is 10.4. The van der Waals surface area contributed by atoms with E-state index in [1.54, 1.807) is 0 Å². The van der Waals surface area contributed by atoms with Gasteiger partial charge in [-0.1, -0.05) is 23.7 Å². The molecule has 4 nitrogen and oxygen atoms in total. The van der Waals surface area contributed by atoms with Crippen LogP contribution in [-0.4, -0.2) is 55.5 Å². The Kier molecular flexibility index (Phi) is 9.24. The Morgan fingerprint density at radius 3 is 2.65 bits per heavy atom. The molecule has 1 heterocycles. The van der Waals surface area contributed by atoms with E-state index in [4.69, 9.17) is 16.6 Å². The zero-order chi connectivity index (χ0) is 15.9.